The Morgan fingerprint density at radius 3 is 2.33 bits per heavy atom. The molecule has 0 aromatic heterocycles. The maximum absolute atomic E-state index is 13.2. The summed E-state index contributed by atoms with van der Waals surface area (Å²) in [5, 5.41) is 9.79. The van der Waals surface area contributed by atoms with Gasteiger partial charge in [0.05, 0.1) is 32.8 Å². The molecular formula is C20H17Cl2NO3S. The third-order valence-corrected chi connectivity index (χ3v) is 6.13. The molecule has 0 radical (unpaired) electrons. The molecule has 140 valence electrons. The molecule has 27 heavy (non-hydrogen) atoms. The van der Waals surface area contributed by atoms with Gasteiger partial charge in [-0.2, -0.15) is 0 Å². The lowest BCUT2D eigenvalue weighted by atomic mass is 10.0. The molecule has 4 nitrogen and oxygen atoms in total. The number of imide groups is 1. The van der Waals surface area contributed by atoms with Gasteiger partial charge >= 0.3 is 0 Å². The number of hydrogen-bond acceptors (Lipinski definition) is 4. The van der Waals surface area contributed by atoms with E-state index in [0.717, 1.165) is 16.0 Å². The summed E-state index contributed by atoms with van der Waals surface area (Å²) in [7, 11) is 0. The number of thioether (sulfide) groups is 1. The molecule has 3 rings (SSSR count). The van der Waals surface area contributed by atoms with Crippen LogP contribution >= 0.6 is 35.0 Å². The molecule has 0 saturated heterocycles. The molecule has 2 amide bonds. The molecule has 0 saturated carbocycles. The molecular weight excluding hydrogens is 405 g/mol. The smallest absolute Gasteiger partial charge is 0.272 e. The van der Waals surface area contributed by atoms with Crippen molar-refractivity contribution in [2.45, 2.75) is 13.8 Å². The van der Waals surface area contributed by atoms with Crippen LogP contribution in [-0.4, -0.2) is 29.3 Å². The highest BCUT2D eigenvalue weighted by Gasteiger charge is 2.40. The van der Waals surface area contributed by atoms with Crippen molar-refractivity contribution < 1.29 is 14.7 Å². The first-order chi connectivity index (χ1) is 12.8. The molecule has 0 spiro atoms. The van der Waals surface area contributed by atoms with Crippen molar-refractivity contribution in [3.63, 3.8) is 0 Å². The van der Waals surface area contributed by atoms with Crippen molar-refractivity contribution in [2.24, 2.45) is 0 Å². The van der Waals surface area contributed by atoms with Gasteiger partial charge in [-0.25, -0.2) is 4.90 Å². The summed E-state index contributed by atoms with van der Waals surface area (Å²) < 4.78 is 0. The zero-order valence-corrected chi connectivity index (χ0v) is 17.1. The fourth-order valence-corrected chi connectivity index (χ4v) is 3.95. The van der Waals surface area contributed by atoms with Crippen LogP contribution in [0.3, 0.4) is 0 Å². The van der Waals surface area contributed by atoms with Gasteiger partial charge in [0.1, 0.15) is 0 Å². The Morgan fingerprint density at radius 1 is 0.963 bits per heavy atom. The second-order valence-electron chi connectivity index (χ2n) is 6.12. The highest BCUT2D eigenvalue weighted by Crippen LogP contribution is 2.39. The van der Waals surface area contributed by atoms with E-state index < -0.39 is 11.8 Å². The molecule has 1 N–H and O–H groups in total. The lowest BCUT2D eigenvalue weighted by Gasteiger charge is -2.16. The number of aliphatic hydroxyl groups is 1. The normalized spacial score (nSPS) is 14.5. The molecule has 0 bridgehead atoms. The standard InChI is InChI=1S/C20H17Cl2NO3S/c1-11-3-4-13(9-12(11)2)17-18(27-8-7-24)20(26)23(19(17)25)14-5-6-15(21)16(22)10-14/h3-6,9-10,24H,7-8H2,1-2H3. The lowest BCUT2D eigenvalue weighted by molar-refractivity contribution is -0.119. The minimum atomic E-state index is -0.426. The van der Waals surface area contributed by atoms with E-state index in [1.54, 1.807) is 12.1 Å². The largest absolute Gasteiger partial charge is 0.396 e. The van der Waals surface area contributed by atoms with E-state index >= 15 is 0 Å². The first kappa shape index (κ1) is 20.0. The molecule has 2 aromatic carbocycles. The van der Waals surface area contributed by atoms with Crippen LogP contribution in [0.5, 0.6) is 0 Å². The summed E-state index contributed by atoms with van der Waals surface area (Å²) in [6.45, 7) is 3.85. The fraction of sp³-hybridized carbons (Fsp3) is 0.200. The van der Waals surface area contributed by atoms with Gasteiger partial charge in [-0.05, 0) is 48.7 Å². The van der Waals surface area contributed by atoms with E-state index in [9.17, 15) is 14.7 Å². The molecule has 2 aromatic rings. The Kier molecular flexibility index (Phi) is 5.96. The Bertz CT molecular complexity index is 972. The number of hydrogen-bond donors (Lipinski definition) is 1. The highest BCUT2D eigenvalue weighted by atomic mass is 35.5. The molecule has 7 heteroatoms. The van der Waals surface area contributed by atoms with Crippen LogP contribution in [0.2, 0.25) is 10.0 Å². The molecule has 0 aliphatic carbocycles. The van der Waals surface area contributed by atoms with Crippen molar-refractivity contribution >= 4 is 58.0 Å². The van der Waals surface area contributed by atoms with Crippen LogP contribution in [0.25, 0.3) is 5.57 Å². The van der Waals surface area contributed by atoms with E-state index in [1.165, 1.54) is 17.8 Å². The van der Waals surface area contributed by atoms with Gasteiger partial charge < -0.3 is 5.11 Å². The van der Waals surface area contributed by atoms with Crippen molar-refractivity contribution in [1.82, 2.24) is 0 Å². The van der Waals surface area contributed by atoms with E-state index in [0.29, 0.717) is 32.5 Å². The molecule has 1 aliphatic heterocycles. The third kappa shape index (κ3) is 3.78. The second-order valence-corrected chi connectivity index (χ2v) is 8.04. The number of carbonyl (C=O) groups excluding carboxylic acids is 2. The van der Waals surface area contributed by atoms with E-state index in [2.05, 4.69) is 0 Å². The number of nitrogens with zero attached hydrogens (tertiary/aromatic N) is 1. The van der Waals surface area contributed by atoms with Gasteiger partial charge in [0, 0.05) is 5.75 Å². The van der Waals surface area contributed by atoms with Crippen LogP contribution in [0.15, 0.2) is 41.3 Å². The van der Waals surface area contributed by atoms with Crippen LogP contribution in [0.1, 0.15) is 16.7 Å². The predicted molar refractivity (Wildman–Crippen MR) is 111 cm³/mol. The zero-order valence-electron chi connectivity index (χ0n) is 14.8. The molecule has 1 heterocycles. The van der Waals surface area contributed by atoms with Crippen molar-refractivity contribution in [2.75, 3.05) is 17.3 Å². The number of carbonyl (C=O) groups is 2. The molecule has 0 fully saturated rings. The van der Waals surface area contributed by atoms with Crippen LogP contribution < -0.4 is 4.90 Å². The summed E-state index contributed by atoms with van der Waals surface area (Å²) in [6, 6.07) is 10.3. The average Bonchev–Trinajstić information content (AvgIpc) is 2.88. The minimum absolute atomic E-state index is 0.0946. The minimum Gasteiger partial charge on any atom is -0.396 e. The first-order valence-corrected chi connectivity index (χ1v) is 9.98. The van der Waals surface area contributed by atoms with Crippen LogP contribution in [0, 0.1) is 13.8 Å². The number of anilines is 1. The second kappa shape index (κ2) is 8.07. The summed E-state index contributed by atoms with van der Waals surface area (Å²) in [4.78, 5) is 27.6. The molecule has 0 unspecified atom stereocenters. The van der Waals surface area contributed by atoms with Crippen molar-refractivity contribution in [3.05, 3.63) is 68.0 Å². The summed E-state index contributed by atoms with van der Waals surface area (Å²) in [6.07, 6.45) is 0. The average molecular weight is 422 g/mol. The Morgan fingerprint density at radius 2 is 1.70 bits per heavy atom. The quantitative estimate of drug-likeness (QED) is 0.715. The van der Waals surface area contributed by atoms with Gasteiger partial charge in [-0.15, -0.1) is 11.8 Å². The van der Waals surface area contributed by atoms with E-state index in [-0.39, 0.29) is 11.6 Å². The summed E-state index contributed by atoms with van der Waals surface area (Å²) in [5.41, 5.74) is 3.51. The number of aliphatic hydroxyl groups excluding tert-OH is 1. The Labute approximate surface area is 171 Å². The maximum atomic E-state index is 13.2. The monoisotopic (exact) mass is 421 g/mol. The fourth-order valence-electron chi connectivity index (χ4n) is 2.80. The zero-order chi connectivity index (χ0) is 19.7. The van der Waals surface area contributed by atoms with Crippen molar-refractivity contribution in [1.29, 1.82) is 0 Å². The highest BCUT2D eigenvalue weighted by molar-refractivity contribution is 8.04. The van der Waals surface area contributed by atoms with Gasteiger partial charge in [0.15, 0.2) is 0 Å². The van der Waals surface area contributed by atoms with Crippen LogP contribution in [0.4, 0.5) is 5.69 Å². The number of halogens is 2. The lowest BCUT2D eigenvalue weighted by Crippen LogP contribution is -2.31. The van der Waals surface area contributed by atoms with E-state index in [1.807, 2.05) is 32.0 Å². The topological polar surface area (TPSA) is 57.6 Å². The van der Waals surface area contributed by atoms with Gasteiger partial charge in [0.25, 0.3) is 11.8 Å². The van der Waals surface area contributed by atoms with Gasteiger partial charge in [-0.1, -0.05) is 41.4 Å². The maximum Gasteiger partial charge on any atom is 0.272 e. The summed E-state index contributed by atoms with van der Waals surface area (Å²) >= 11 is 13.2. The predicted octanol–water partition coefficient (Wildman–Crippen LogP) is 4.62. The summed E-state index contributed by atoms with van der Waals surface area (Å²) in [5.74, 6) is -0.523. The molecule has 0 atom stereocenters. The first-order valence-electron chi connectivity index (χ1n) is 8.24. The number of benzene rings is 2. The Hall–Kier alpha value is -1.79. The van der Waals surface area contributed by atoms with Gasteiger partial charge in [-0.3, -0.25) is 9.59 Å². The van der Waals surface area contributed by atoms with Crippen molar-refractivity contribution in [3.8, 4) is 0 Å². The number of rotatable bonds is 5. The molecule has 1 aliphatic rings. The van der Waals surface area contributed by atoms with E-state index in [4.69, 9.17) is 23.2 Å². The van der Waals surface area contributed by atoms with Crippen LogP contribution in [-0.2, 0) is 9.59 Å². The Balaban J connectivity index is 2.10. The third-order valence-electron chi connectivity index (χ3n) is 4.34. The number of amides is 2. The SMILES string of the molecule is Cc1ccc(C2=C(SCCO)C(=O)N(c3ccc(Cl)c(Cl)c3)C2=O)cc1C. The number of aryl methyl sites for hydroxylation is 2. The van der Waals surface area contributed by atoms with Gasteiger partial charge in [0.2, 0.25) is 0 Å².